The van der Waals surface area contributed by atoms with Gasteiger partial charge < -0.3 is 30.6 Å². The molecule has 0 aliphatic carbocycles. The molecule has 0 fully saturated rings. The molecule has 0 saturated carbocycles. The average molecular weight is 490 g/mol. The molecule has 0 spiro atoms. The quantitative estimate of drug-likeness (QED) is 0.317. The third-order valence-electron chi connectivity index (χ3n) is 5.62. The van der Waals surface area contributed by atoms with Gasteiger partial charge in [0.25, 0.3) is 0 Å². The first-order chi connectivity index (χ1) is 17.4. The van der Waals surface area contributed by atoms with Crippen LogP contribution in [0.4, 0.5) is 40.2 Å². The first-order valence-corrected chi connectivity index (χ1v) is 11.4. The van der Waals surface area contributed by atoms with E-state index < -0.39 is 0 Å². The van der Waals surface area contributed by atoms with E-state index in [1.807, 2.05) is 62.6 Å². The summed E-state index contributed by atoms with van der Waals surface area (Å²) in [7, 11) is 7.60. The van der Waals surface area contributed by atoms with Crippen LogP contribution in [-0.2, 0) is 4.79 Å². The maximum Gasteiger partial charge on any atom is 0.247 e. The molecule has 2 aromatic carbocycles. The number of nitrogens with zero attached hydrogens (tertiary/aromatic N) is 5. The van der Waals surface area contributed by atoms with E-state index in [1.54, 1.807) is 19.4 Å². The predicted molar refractivity (Wildman–Crippen MR) is 144 cm³/mol. The lowest BCUT2D eigenvalue weighted by atomic mass is 10.2. The van der Waals surface area contributed by atoms with Crippen LogP contribution in [0.25, 0.3) is 0 Å². The Labute approximate surface area is 210 Å². The van der Waals surface area contributed by atoms with Gasteiger partial charge in [0.2, 0.25) is 11.9 Å². The molecule has 0 radical (unpaired) electrons. The molecule has 188 valence electrons. The number of hydrogen-bond donors (Lipinski definition) is 4. The van der Waals surface area contributed by atoms with Crippen molar-refractivity contribution in [3.8, 4) is 5.75 Å². The van der Waals surface area contributed by atoms with Crippen LogP contribution in [0.15, 0.2) is 61.3 Å². The largest absolute Gasteiger partial charge is 0.494 e. The monoisotopic (exact) mass is 489 g/mol. The lowest BCUT2D eigenvalue weighted by Gasteiger charge is -2.26. The van der Waals surface area contributed by atoms with E-state index in [9.17, 15) is 4.79 Å². The molecule has 0 unspecified atom stereocenters. The van der Waals surface area contributed by atoms with Crippen LogP contribution in [-0.4, -0.2) is 62.1 Å². The molecule has 1 aliphatic heterocycles. The lowest BCUT2D eigenvalue weighted by Crippen LogP contribution is -2.32. The minimum Gasteiger partial charge on any atom is -0.494 e. The van der Waals surface area contributed by atoms with Crippen molar-refractivity contribution in [3.63, 3.8) is 0 Å². The normalized spacial score (nSPS) is 12.1. The maximum absolute atomic E-state index is 12.2. The van der Waals surface area contributed by atoms with Gasteiger partial charge >= 0.3 is 0 Å². The Morgan fingerprint density at radius 2 is 1.97 bits per heavy atom. The number of carbonyl (C=O) groups excluding carboxylic acids is 1. The second-order valence-corrected chi connectivity index (χ2v) is 8.44. The second kappa shape index (κ2) is 10.9. The third-order valence-corrected chi connectivity index (χ3v) is 5.62. The summed E-state index contributed by atoms with van der Waals surface area (Å²) in [6, 6.07) is 13.4. The molecule has 0 saturated heterocycles. The zero-order valence-corrected chi connectivity index (χ0v) is 20.9. The number of methoxy groups -OCH3 is 1. The van der Waals surface area contributed by atoms with Crippen molar-refractivity contribution in [2.24, 2.45) is 0 Å². The van der Waals surface area contributed by atoms with Crippen LogP contribution in [0.3, 0.4) is 0 Å². The smallest absolute Gasteiger partial charge is 0.247 e. The number of fused-ring (bicyclic) bond motifs is 1. The van der Waals surface area contributed by atoms with E-state index in [0.717, 1.165) is 30.2 Å². The number of hydrazine groups is 2. The Hall–Kier alpha value is -4.35. The van der Waals surface area contributed by atoms with Crippen LogP contribution < -0.4 is 36.2 Å². The highest BCUT2D eigenvalue weighted by molar-refractivity contribution is 6.02. The van der Waals surface area contributed by atoms with Crippen molar-refractivity contribution in [3.05, 3.63) is 61.3 Å². The molecule has 11 nitrogen and oxygen atoms in total. The van der Waals surface area contributed by atoms with Gasteiger partial charge in [-0.1, -0.05) is 18.7 Å². The van der Waals surface area contributed by atoms with Gasteiger partial charge in [0.05, 0.1) is 35.5 Å². The fourth-order valence-electron chi connectivity index (χ4n) is 3.69. The van der Waals surface area contributed by atoms with Gasteiger partial charge in [0.1, 0.15) is 5.75 Å². The Morgan fingerprint density at radius 1 is 1.17 bits per heavy atom. The molecule has 4 N–H and O–H groups in total. The maximum atomic E-state index is 12.2. The Kier molecular flexibility index (Phi) is 7.52. The highest BCUT2D eigenvalue weighted by Crippen LogP contribution is 2.38. The van der Waals surface area contributed by atoms with Crippen molar-refractivity contribution in [2.45, 2.75) is 0 Å². The van der Waals surface area contributed by atoms with Crippen molar-refractivity contribution in [1.82, 2.24) is 20.4 Å². The van der Waals surface area contributed by atoms with Gasteiger partial charge in [0.15, 0.2) is 5.82 Å². The number of para-hydroxylation sites is 2. The molecular formula is C25H31N9O2. The van der Waals surface area contributed by atoms with Gasteiger partial charge in [-0.05, 0) is 38.4 Å². The minimum absolute atomic E-state index is 0.308. The molecular weight excluding hydrogens is 458 g/mol. The summed E-state index contributed by atoms with van der Waals surface area (Å²) in [5.41, 5.74) is 10.1. The number of aromatic nitrogens is 2. The number of benzene rings is 2. The van der Waals surface area contributed by atoms with Crippen molar-refractivity contribution < 1.29 is 9.53 Å². The number of anilines is 7. The summed E-state index contributed by atoms with van der Waals surface area (Å²) >= 11 is 0. The zero-order valence-electron chi connectivity index (χ0n) is 20.9. The predicted octanol–water partition coefficient (Wildman–Crippen LogP) is 3.33. The highest BCUT2D eigenvalue weighted by atomic mass is 16.5. The third kappa shape index (κ3) is 5.48. The van der Waals surface area contributed by atoms with Crippen LogP contribution >= 0.6 is 0 Å². The van der Waals surface area contributed by atoms with Crippen molar-refractivity contribution in [2.75, 3.05) is 67.3 Å². The van der Waals surface area contributed by atoms with Crippen LogP contribution in [0.1, 0.15) is 0 Å². The van der Waals surface area contributed by atoms with E-state index >= 15 is 0 Å². The first-order valence-electron chi connectivity index (χ1n) is 11.4. The number of amides is 1. The number of rotatable bonds is 10. The van der Waals surface area contributed by atoms with Gasteiger partial charge in [-0.15, -0.1) is 5.53 Å². The Balaban J connectivity index is 1.65. The molecule has 0 atom stereocenters. The first kappa shape index (κ1) is 24.8. The summed E-state index contributed by atoms with van der Waals surface area (Å²) in [5.74, 6) is 1.28. The van der Waals surface area contributed by atoms with E-state index in [1.165, 1.54) is 6.08 Å². The molecule has 4 rings (SSSR count). The number of ether oxygens (including phenoxy) is 1. The van der Waals surface area contributed by atoms with Crippen molar-refractivity contribution >= 4 is 46.1 Å². The second-order valence-electron chi connectivity index (χ2n) is 8.44. The van der Waals surface area contributed by atoms with Gasteiger partial charge in [0, 0.05) is 38.5 Å². The van der Waals surface area contributed by atoms with Gasteiger partial charge in [-0.25, -0.2) is 9.99 Å². The summed E-state index contributed by atoms with van der Waals surface area (Å²) < 4.78 is 5.68. The lowest BCUT2D eigenvalue weighted by molar-refractivity contribution is -0.111. The van der Waals surface area contributed by atoms with E-state index in [0.29, 0.717) is 28.9 Å². The highest BCUT2D eigenvalue weighted by Gasteiger charge is 2.21. The van der Waals surface area contributed by atoms with Crippen LogP contribution in [0.5, 0.6) is 5.75 Å². The SMILES string of the molecule is C=CC(=O)Nc1cc(Nc2nccc(N3NNc4ccccc43)n2)c(OC)cc1N(C)CCN(C)C. The fourth-order valence-corrected chi connectivity index (χ4v) is 3.69. The summed E-state index contributed by atoms with van der Waals surface area (Å²) in [6.07, 6.45) is 2.91. The average Bonchev–Trinajstić information content (AvgIpc) is 3.32. The van der Waals surface area contributed by atoms with Crippen molar-refractivity contribution in [1.29, 1.82) is 0 Å². The minimum atomic E-state index is -0.308. The Morgan fingerprint density at radius 3 is 2.72 bits per heavy atom. The molecule has 3 aromatic rings. The fraction of sp³-hybridized carbons (Fsp3) is 0.240. The van der Waals surface area contributed by atoms with Crippen LogP contribution in [0, 0.1) is 0 Å². The summed E-state index contributed by atoms with van der Waals surface area (Å²) in [5, 5.41) is 7.96. The molecule has 1 aromatic heterocycles. The number of nitrogens with one attached hydrogen (secondary N) is 4. The molecule has 2 heterocycles. The summed E-state index contributed by atoms with van der Waals surface area (Å²) in [4.78, 5) is 25.4. The van der Waals surface area contributed by atoms with Gasteiger partial charge in [-0.3, -0.25) is 4.79 Å². The molecule has 36 heavy (non-hydrogen) atoms. The van der Waals surface area contributed by atoms with E-state index in [2.05, 4.69) is 47.9 Å². The number of hydrogen-bond acceptors (Lipinski definition) is 10. The standard InChI is InChI=1S/C25H31N9O2/c1-6-24(35)27-18-15-19(22(36-5)16-21(18)33(4)14-13-32(2)3)28-25-26-12-11-23(29-25)34-20-10-8-7-9-17(20)30-31-34/h6-12,15-16,30-31H,1,13-14H2,2-5H3,(H,27,35)(H,26,28,29). The van der Waals surface area contributed by atoms with Gasteiger partial charge in [-0.2, -0.15) is 4.98 Å². The van der Waals surface area contributed by atoms with E-state index in [4.69, 9.17) is 4.74 Å². The molecule has 1 amide bonds. The topological polar surface area (TPSA) is 110 Å². The van der Waals surface area contributed by atoms with E-state index in [-0.39, 0.29) is 5.91 Å². The zero-order chi connectivity index (χ0) is 25.7. The molecule has 1 aliphatic rings. The van der Waals surface area contributed by atoms with Crippen LogP contribution in [0.2, 0.25) is 0 Å². The number of likely N-dealkylation sites (N-methyl/N-ethyl adjacent to an activating group) is 2. The number of carbonyl (C=O) groups is 1. The molecule has 11 heteroatoms. The Bertz CT molecular complexity index is 1250. The summed E-state index contributed by atoms with van der Waals surface area (Å²) in [6.45, 7) is 5.17. The molecule has 0 bridgehead atoms.